The molecule has 2 aliphatic heterocycles. The van der Waals surface area contributed by atoms with Gasteiger partial charge in [0.2, 0.25) is 0 Å². The van der Waals surface area contributed by atoms with Crippen LogP contribution in [0.15, 0.2) is 66.7 Å². The summed E-state index contributed by atoms with van der Waals surface area (Å²) in [7, 11) is 0. The zero-order chi connectivity index (χ0) is 31.5. The number of benzene rings is 3. The molecule has 236 valence electrons. The fourth-order valence-electron chi connectivity index (χ4n) is 6.15. The van der Waals surface area contributed by atoms with Crippen molar-refractivity contribution in [3.05, 3.63) is 99.6 Å². The number of nitrogens with zero attached hydrogens (tertiary/aromatic N) is 3. The van der Waals surface area contributed by atoms with Gasteiger partial charge in [-0.3, -0.25) is 10.1 Å². The van der Waals surface area contributed by atoms with E-state index in [4.69, 9.17) is 9.47 Å². The first-order valence-corrected chi connectivity index (χ1v) is 17.2. The van der Waals surface area contributed by atoms with Gasteiger partial charge >= 0.3 is 5.97 Å². The lowest BCUT2D eigenvalue weighted by Gasteiger charge is -2.29. The number of amides is 1. The largest absolute Gasteiger partial charge is 0.494 e. The van der Waals surface area contributed by atoms with Crippen LogP contribution in [0.5, 0.6) is 5.75 Å². The van der Waals surface area contributed by atoms with Crippen LogP contribution in [0, 0.1) is 0 Å². The van der Waals surface area contributed by atoms with E-state index in [2.05, 4.69) is 38.4 Å². The fourth-order valence-corrected chi connectivity index (χ4v) is 8.13. The lowest BCUT2D eigenvalue weighted by molar-refractivity contribution is 0.0689. The maximum absolute atomic E-state index is 13.4. The molecule has 5 aromatic rings. The van der Waals surface area contributed by atoms with E-state index >= 15 is 0 Å². The van der Waals surface area contributed by atoms with Gasteiger partial charge in [0.05, 0.1) is 16.8 Å². The normalized spacial score (nSPS) is 15.1. The number of fused-ring (bicyclic) bond motifs is 2. The second-order valence-corrected chi connectivity index (χ2v) is 13.6. The van der Waals surface area contributed by atoms with E-state index in [9.17, 15) is 14.7 Å². The smallest absolute Gasteiger partial charge is 0.355 e. The van der Waals surface area contributed by atoms with Gasteiger partial charge in [-0.25, -0.2) is 14.8 Å². The maximum Gasteiger partial charge on any atom is 0.355 e. The van der Waals surface area contributed by atoms with Crippen molar-refractivity contribution in [2.24, 2.45) is 0 Å². The van der Waals surface area contributed by atoms with Gasteiger partial charge in [-0.2, -0.15) is 0 Å². The lowest BCUT2D eigenvalue weighted by atomic mass is 9.92. The summed E-state index contributed by atoms with van der Waals surface area (Å²) in [4.78, 5) is 37.5. The third-order valence-corrected chi connectivity index (χ3v) is 10.7. The van der Waals surface area contributed by atoms with Gasteiger partial charge in [0.25, 0.3) is 5.91 Å². The predicted molar refractivity (Wildman–Crippen MR) is 181 cm³/mol. The van der Waals surface area contributed by atoms with Crippen molar-refractivity contribution < 1.29 is 24.2 Å². The number of hydrogen-bond donors (Lipinski definition) is 2. The molecule has 0 radical (unpaired) electrons. The van der Waals surface area contributed by atoms with Gasteiger partial charge in [0, 0.05) is 36.7 Å². The summed E-state index contributed by atoms with van der Waals surface area (Å²) in [5.74, 6) is 0.117. The standard InChI is InChI=1S/C35H34N4O5S2/c40-32(38-34-36-28-7-1-2-8-29(28)45-34)26-6-3-5-24-14-17-39(21-27(24)26)35-37-31(33(41)42)30(46-35)9-4-18-44-25-12-10-22(11-13-25)23-15-19-43-20-16-23/h1-3,5-8,10-13,23H,4,9,14-21H2,(H,41,42)(H,36,38,40). The third-order valence-electron chi connectivity index (χ3n) is 8.58. The number of nitrogens with one attached hydrogen (secondary N) is 1. The van der Waals surface area contributed by atoms with E-state index in [0.717, 1.165) is 64.4 Å². The number of rotatable bonds is 10. The Hall–Kier alpha value is -4.32. The summed E-state index contributed by atoms with van der Waals surface area (Å²) in [6, 6.07) is 21.9. The number of hydrogen-bond acceptors (Lipinski definition) is 9. The Kier molecular flexibility index (Phi) is 8.96. The predicted octanol–water partition coefficient (Wildman–Crippen LogP) is 7.17. The van der Waals surface area contributed by atoms with Crippen LogP contribution < -0.4 is 15.0 Å². The zero-order valence-corrected chi connectivity index (χ0v) is 26.9. The van der Waals surface area contributed by atoms with Crippen molar-refractivity contribution in [2.45, 2.75) is 44.6 Å². The number of aryl methyl sites for hydroxylation is 1. The number of carboxylic acid groups (broad SMARTS) is 1. The first-order chi connectivity index (χ1) is 22.5. The van der Waals surface area contributed by atoms with E-state index in [1.165, 1.54) is 28.2 Å². The number of ether oxygens (including phenoxy) is 2. The number of aromatic nitrogens is 2. The van der Waals surface area contributed by atoms with Crippen molar-refractivity contribution in [1.29, 1.82) is 0 Å². The first kappa shape index (κ1) is 30.3. The Labute approximate surface area is 274 Å². The highest BCUT2D eigenvalue weighted by atomic mass is 32.1. The maximum atomic E-state index is 13.4. The van der Waals surface area contributed by atoms with Crippen molar-refractivity contribution in [3.8, 4) is 5.75 Å². The van der Waals surface area contributed by atoms with Gasteiger partial charge in [-0.05, 0) is 85.0 Å². The zero-order valence-electron chi connectivity index (χ0n) is 25.2. The Morgan fingerprint density at radius 1 is 1.00 bits per heavy atom. The molecule has 0 atom stereocenters. The van der Waals surface area contributed by atoms with Crippen LogP contribution in [-0.2, 0) is 24.1 Å². The average Bonchev–Trinajstić information content (AvgIpc) is 3.71. The molecule has 2 N–H and O–H groups in total. The number of carboxylic acids is 1. The van der Waals surface area contributed by atoms with Crippen LogP contribution in [0.1, 0.15) is 67.6 Å². The molecule has 0 aliphatic carbocycles. The second kappa shape index (κ2) is 13.6. The Morgan fingerprint density at radius 3 is 2.63 bits per heavy atom. The van der Waals surface area contributed by atoms with Crippen LogP contribution in [-0.4, -0.2) is 53.3 Å². The Morgan fingerprint density at radius 2 is 1.83 bits per heavy atom. The van der Waals surface area contributed by atoms with E-state index in [0.29, 0.717) is 54.3 Å². The quantitative estimate of drug-likeness (QED) is 0.152. The van der Waals surface area contributed by atoms with Crippen molar-refractivity contribution in [2.75, 3.05) is 36.6 Å². The summed E-state index contributed by atoms with van der Waals surface area (Å²) in [6.07, 6.45) is 4.06. The molecular weight excluding hydrogens is 621 g/mol. The molecular formula is C35H34N4O5S2. The van der Waals surface area contributed by atoms with Gasteiger partial charge < -0.3 is 19.5 Å². The molecule has 1 saturated heterocycles. The van der Waals surface area contributed by atoms with Gasteiger partial charge in [0.1, 0.15) is 5.75 Å². The van der Waals surface area contributed by atoms with Crippen LogP contribution in [0.3, 0.4) is 0 Å². The molecule has 3 aromatic carbocycles. The minimum atomic E-state index is -1.03. The molecule has 46 heavy (non-hydrogen) atoms. The monoisotopic (exact) mass is 654 g/mol. The molecule has 2 aliphatic rings. The molecule has 1 amide bonds. The average molecular weight is 655 g/mol. The van der Waals surface area contributed by atoms with Gasteiger partial charge in [-0.1, -0.05) is 47.7 Å². The van der Waals surface area contributed by atoms with Gasteiger partial charge in [0.15, 0.2) is 16.0 Å². The minimum Gasteiger partial charge on any atom is -0.494 e. The summed E-state index contributed by atoms with van der Waals surface area (Å²) >= 11 is 2.86. The highest BCUT2D eigenvalue weighted by Crippen LogP contribution is 2.34. The Bertz CT molecular complexity index is 1830. The molecule has 9 nitrogen and oxygen atoms in total. The number of anilines is 2. The lowest BCUT2D eigenvalue weighted by Crippen LogP contribution is -2.32. The third kappa shape index (κ3) is 6.62. The number of thiazole rings is 2. The summed E-state index contributed by atoms with van der Waals surface area (Å²) < 4.78 is 12.5. The summed E-state index contributed by atoms with van der Waals surface area (Å²) in [5.41, 5.74) is 4.89. The topological polar surface area (TPSA) is 114 Å². The van der Waals surface area contributed by atoms with E-state index < -0.39 is 5.97 Å². The molecule has 1 fully saturated rings. The van der Waals surface area contributed by atoms with Crippen molar-refractivity contribution >= 4 is 55.0 Å². The van der Waals surface area contributed by atoms with Crippen LogP contribution >= 0.6 is 22.7 Å². The van der Waals surface area contributed by atoms with E-state index in [1.807, 2.05) is 48.5 Å². The van der Waals surface area contributed by atoms with Crippen molar-refractivity contribution in [1.82, 2.24) is 9.97 Å². The molecule has 0 spiro atoms. The number of para-hydroxylation sites is 1. The highest BCUT2D eigenvalue weighted by Gasteiger charge is 2.27. The molecule has 0 unspecified atom stereocenters. The number of carbonyl (C=O) groups is 2. The second-order valence-electron chi connectivity index (χ2n) is 11.5. The summed E-state index contributed by atoms with van der Waals surface area (Å²) in [6.45, 7) is 3.27. The molecule has 2 aromatic heterocycles. The molecule has 4 heterocycles. The van der Waals surface area contributed by atoms with Crippen LogP contribution in [0.4, 0.5) is 10.3 Å². The first-order valence-electron chi connectivity index (χ1n) is 15.6. The SMILES string of the molecule is O=C(Nc1nc2ccccc2s1)c1cccc2c1CN(c1nc(C(=O)O)c(CCCOc3ccc(C4CCOCC4)cc3)s1)CC2. The molecule has 11 heteroatoms. The van der Waals surface area contributed by atoms with E-state index in [1.54, 1.807) is 0 Å². The van der Waals surface area contributed by atoms with Gasteiger partial charge in [-0.15, -0.1) is 11.3 Å². The summed E-state index contributed by atoms with van der Waals surface area (Å²) in [5, 5.41) is 14.1. The minimum absolute atomic E-state index is 0.0912. The number of aromatic carboxylic acids is 1. The Balaban J connectivity index is 0.996. The van der Waals surface area contributed by atoms with Crippen LogP contribution in [0.2, 0.25) is 0 Å². The highest BCUT2D eigenvalue weighted by molar-refractivity contribution is 7.22. The number of carbonyl (C=O) groups excluding carboxylic acids is 1. The molecule has 0 bridgehead atoms. The molecule has 7 rings (SSSR count). The molecule has 0 saturated carbocycles. The fraction of sp³-hybridized carbons (Fsp3) is 0.314. The van der Waals surface area contributed by atoms with Crippen LogP contribution in [0.25, 0.3) is 10.2 Å². The van der Waals surface area contributed by atoms with Crippen molar-refractivity contribution in [3.63, 3.8) is 0 Å². The van der Waals surface area contributed by atoms with E-state index in [-0.39, 0.29) is 11.6 Å².